The van der Waals surface area contributed by atoms with Gasteiger partial charge in [0.1, 0.15) is 5.82 Å². The largest absolute Gasteiger partial charge is 0.340 e. The zero-order valence-corrected chi connectivity index (χ0v) is 13.4. The molecule has 0 atom stereocenters. The van der Waals surface area contributed by atoms with Crippen molar-refractivity contribution in [2.75, 3.05) is 5.32 Å². The van der Waals surface area contributed by atoms with Crippen LogP contribution in [0.2, 0.25) is 0 Å². The summed E-state index contributed by atoms with van der Waals surface area (Å²) >= 11 is 3.47. The minimum Gasteiger partial charge on any atom is -0.340 e. The highest BCUT2D eigenvalue weighted by Gasteiger charge is 2.05. The molecule has 0 saturated carbocycles. The van der Waals surface area contributed by atoms with E-state index in [9.17, 15) is 0 Å². The van der Waals surface area contributed by atoms with E-state index in [2.05, 4.69) is 65.2 Å². The Hall–Kier alpha value is -1.35. The number of anilines is 2. The molecule has 0 aliphatic carbocycles. The Kier molecular flexibility index (Phi) is 4.25. The van der Waals surface area contributed by atoms with Crippen LogP contribution in [-0.4, -0.2) is 4.98 Å². The second kappa shape index (κ2) is 5.74. The standard InChI is InChI=1S/C16H19BrN2/c1-10(2)13-6-5-11(3)15(9-13)19-16-8-7-14(17)12(4)18-16/h5-10H,1-4H3,(H,18,19). The van der Waals surface area contributed by atoms with Crippen LogP contribution in [0.15, 0.2) is 34.8 Å². The Balaban J connectivity index is 2.31. The van der Waals surface area contributed by atoms with Crippen molar-refractivity contribution < 1.29 is 0 Å². The minimum atomic E-state index is 0.528. The quantitative estimate of drug-likeness (QED) is 0.827. The van der Waals surface area contributed by atoms with Gasteiger partial charge in [-0.15, -0.1) is 0 Å². The second-order valence-electron chi connectivity index (χ2n) is 5.12. The van der Waals surface area contributed by atoms with Crippen LogP contribution in [-0.2, 0) is 0 Å². The molecule has 2 rings (SSSR count). The molecule has 1 heterocycles. The van der Waals surface area contributed by atoms with Gasteiger partial charge in [0.2, 0.25) is 0 Å². The predicted molar refractivity (Wildman–Crippen MR) is 85.2 cm³/mol. The molecule has 0 radical (unpaired) electrons. The molecule has 0 spiro atoms. The van der Waals surface area contributed by atoms with Gasteiger partial charge in [-0.2, -0.15) is 0 Å². The lowest BCUT2D eigenvalue weighted by atomic mass is 10.0. The van der Waals surface area contributed by atoms with Gasteiger partial charge in [0.15, 0.2) is 0 Å². The minimum absolute atomic E-state index is 0.528. The summed E-state index contributed by atoms with van der Waals surface area (Å²) < 4.78 is 1.03. The predicted octanol–water partition coefficient (Wildman–Crippen LogP) is 5.33. The number of halogens is 1. The maximum Gasteiger partial charge on any atom is 0.130 e. The lowest BCUT2D eigenvalue weighted by Gasteiger charge is -2.13. The van der Waals surface area contributed by atoms with E-state index in [-0.39, 0.29) is 0 Å². The number of aryl methyl sites for hydroxylation is 2. The summed E-state index contributed by atoms with van der Waals surface area (Å²) in [4.78, 5) is 4.53. The number of rotatable bonds is 3. The maximum atomic E-state index is 4.53. The highest BCUT2D eigenvalue weighted by atomic mass is 79.9. The zero-order chi connectivity index (χ0) is 14.0. The van der Waals surface area contributed by atoms with Gasteiger partial charge in [0.25, 0.3) is 0 Å². The third-order valence-electron chi connectivity index (χ3n) is 3.21. The third kappa shape index (κ3) is 3.35. The molecule has 2 nitrogen and oxygen atoms in total. The fraction of sp³-hybridized carbons (Fsp3) is 0.312. The fourth-order valence-corrected chi connectivity index (χ4v) is 2.11. The number of hydrogen-bond acceptors (Lipinski definition) is 2. The lowest BCUT2D eigenvalue weighted by Crippen LogP contribution is -1.99. The van der Waals surface area contributed by atoms with Crippen LogP contribution in [0.4, 0.5) is 11.5 Å². The van der Waals surface area contributed by atoms with E-state index < -0.39 is 0 Å². The van der Waals surface area contributed by atoms with Crippen LogP contribution in [0.1, 0.15) is 36.6 Å². The number of nitrogens with one attached hydrogen (secondary N) is 1. The molecule has 0 unspecified atom stereocenters. The maximum absolute atomic E-state index is 4.53. The van der Waals surface area contributed by atoms with Crippen LogP contribution in [0.3, 0.4) is 0 Å². The normalized spacial score (nSPS) is 10.8. The molecule has 19 heavy (non-hydrogen) atoms. The molecule has 0 fully saturated rings. The first-order valence-electron chi connectivity index (χ1n) is 6.48. The first-order valence-corrected chi connectivity index (χ1v) is 7.27. The van der Waals surface area contributed by atoms with Gasteiger partial charge < -0.3 is 5.32 Å². The molecule has 1 aromatic carbocycles. The molecule has 0 aliphatic rings. The second-order valence-corrected chi connectivity index (χ2v) is 5.97. The lowest BCUT2D eigenvalue weighted by molar-refractivity contribution is 0.866. The average molecular weight is 319 g/mol. The fourth-order valence-electron chi connectivity index (χ4n) is 1.89. The summed E-state index contributed by atoms with van der Waals surface area (Å²) in [7, 11) is 0. The summed E-state index contributed by atoms with van der Waals surface area (Å²) in [5, 5.41) is 3.40. The molecule has 0 amide bonds. The van der Waals surface area contributed by atoms with Gasteiger partial charge in [-0.05, 0) is 65.0 Å². The smallest absolute Gasteiger partial charge is 0.130 e. The number of benzene rings is 1. The van der Waals surface area contributed by atoms with Crippen LogP contribution in [0.25, 0.3) is 0 Å². The van der Waals surface area contributed by atoms with Crippen LogP contribution >= 0.6 is 15.9 Å². The molecule has 0 aliphatic heterocycles. The van der Waals surface area contributed by atoms with Crippen molar-refractivity contribution in [3.63, 3.8) is 0 Å². The Morgan fingerprint density at radius 2 is 1.84 bits per heavy atom. The van der Waals surface area contributed by atoms with E-state index in [0.717, 1.165) is 21.7 Å². The Morgan fingerprint density at radius 3 is 2.47 bits per heavy atom. The van der Waals surface area contributed by atoms with E-state index >= 15 is 0 Å². The summed E-state index contributed by atoms with van der Waals surface area (Å²) in [6.45, 7) is 8.51. The van der Waals surface area contributed by atoms with E-state index in [0.29, 0.717) is 5.92 Å². The molecule has 2 aromatic rings. The van der Waals surface area contributed by atoms with Crippen molar-refractivity contribution in [2.45, 2.75) is 33.6 Å². The Morgan fingerprint density at radius 1 is 1.11 bits per heavy atom. The van der Waals surface area contributed by atoms with Crippen molar-refractivity contribution in [3.8, 4) is 0 Å². The topological polar surface area (TPSA) is 24.9 Å². The van der Waals surface area contributed by atoms with Crippen molar-refractivity contribution in [1.82, 2.24) is 4.98 Å². The molecular formula is C16H19BrN2. The van der Waals surface area contributed by atoms with Crippen molar-refractivity contribution >= 4 is 27.4 Å². The highest BCUT2D eigenvalue weighted by Crippen LogP contribution is 2.25. The first-order chi connectivity index (χ1) is 8.97. The van der Waals surface area contributed by atoms with Crippen molar-refractivity contribution in [1.29, 1.82) is 0 Å². The number of hydrogen-bond donors (Lipinski definition) is 1. The molecular weight excluding hydrogens is 300 g/mol. The summed E-state index contributed by atoms with van der Waals surface area (Å²) in [5.74, 6) is 1.41. The van der Waals surface area contributed by atoms with Gasteiger partial charge in [0, 0.05) is 10.2 Å². The Bertz CT molecular complexity index is 591. The van der Waals surface area contributed by atoms with Crippen LogP contribution < -0.4 is 5.32 Å². The average Bonchev–Trinajstić information content (AvgIpc) is 2.36. The SMILES string of the molecule is Cc1ccc(C(C)C)cc1Nc1ccc(Br)c(C)n1. The summed E-state index contributed by atoms with van der Waals surface area (Å²) in [6.07, 6.45) is 0. The van der Waals surface area contributed by atoms with Crippen LogP contribution in [0, 0.1) is 13.8 Å². The Labute approximate surface area is 123 Å². The third-order valence-corrected chi connectivity index (χ3v) is 4.05. The van der Waals surface area contributed by atoms with Crippen LogP contribution in [0.5, 0.6) is 0 Å². The molecule has 3 heteroatoms. The van der Waals surface area contributed by atoms with Gasteiger partial charge in [-0.25, -0.2) is 4.98 Å². The van der Waals surface area contributed by atoms with Crippen molar-refractivity contribution in [3.05, 3.63) is 51.6 Å². The molecule has 100 valence electrons. The van der Waals surface area contributed by atoms with E-state index in [1.807, 2.05) is 19.1 Å². The van der Waals surface area contributed by atoms with E-state index in [1.165, 1.54) is 11.1 Å². The summed E-state index contributed by atoms with van der Waals surface area (Å²) in [5.41, 5.74) is 4.68. The molecule has 0 saturated heterocycles. The zero-order valence-electron chi connectivity index (χ0n) is 11.8. The number of nitrogens with zero attached hydrogens (tertiary/aromatic N) is 1. The summed E-state index contributed by atoms with van der Waals surface area (Å²) in [6, 6.07) is 10.6. The van der Waals surface area contributed by atoms with Gasteiger partial charge in [0.05, 0.1) is 5.69 Å². The molecule has 0 bridgehead atoms. The highest BCUT2D eigenvalue weighted by molar-refractivity contribution is 9.10. The van der Waals surface area contributed by atoms with E-state index in [4.69, 9.17) is 0 Å². The first kappa shape index (κ1) is 14.1. The number of pyridine rings is 1. The van der Waals surface area contributed by atoms with E-state index in [1.54, 1.807) is 0 Å². The number of aromatic nitrogens is 1. The monoisotopic (exact) mass is 318 g/mol. The molecule has 1 aromatic heterocycles. The van der Waals surface area contributed by atoms with Gasteiger partial charge >= 0.3 is 0 Å². The van der Waals surface area contributed by atoms with Crippen molar-refractivity contribution in [2.24, 2.45) is 0 Å². The van der Waals surface area contributed by atoms with Gasteiger partial charge in [-0.3, -0.25) is 0 Å². The molecule has 1 N–H and O–H groups in total. The van der Waals surface area contributed by atoms with Gasteiger partial charge in [-0.1, -0.05) is 26.0 Å².